The molecule has 6 heteroatoms. The van der Waals surface area contributed by atoms with Crippen molar-refractivity contribution in [3.63, 3.8) is 0 Å². The maximum atomic E-state index is 14.1. The van der Waals surface area contributed by atoms with Crippen molar-refractivity contribution in [2.75, 3.05) is 36.4 Å². The Hall–Kier alpha value is -1.82. The molecule has 0 saturated carbocycles. The Morgan fingerprint density at radius 2 is 2.11 bits per heavy atom. The summed E-state index contributed by atoms with van der Waals surface area (Å²) in [7, 11) is 0. The van der Waals surface area contributed by atoms with Gasteiger partial charge in [-0.05, 0) is 13.0 Å². The highest BCUT2D eigenvalue weighted by molar-refractivity contribution is 5.98. The lowest BCUT2D eigenvalue weighted by Crippen LogP contribution is -2.43. The van der Waals surface area contributed by atoms with Gasteiger partial charge in [0.2, 0.25) is 0 Å². The largest absolute Gasteiger partial charge is 0.476 e. The van der Waals surface area contributed by atoms with Crippen LogP contribution in [0.4, 0.5) is 15.8 Å². The molecule has 3 rings (SSSR count). The molecule has 19 heavy (non-hydrogen) atoms. The number of piperazine rings is 1. The highest BCUT2D eigenvalue weighted by Gasteiger charge is 2.27. The molecule has 0 radical (unpaired) electrons. The number of halogens is 1. The Bertz CT molecular complexity index is 515. The second-order valence-electron chi connectivity index (χ2n) is 4.79. The van der Waals surface area contributed by atoms with Crippen molar-refractivity contribution < 1.29 is 13.9 Å². The highest BCUT2D eigenvalue weighted by atomic mass is 19.1. The number of nitrogens with one attached hydrogen (secondary N) is 2. The summed E-state index contributed by atoms with van der Waals surface area (Å²) < 4.78 is 19.4. The molecule has 2 aliphatic heterocycles. The van der Waals surface area contributed by atoms with Crippen molar-refractivity contribution in [3.8, 4) is 5.75 Å². The average Bonchev–Trinajstić information content (AvgIpc) is 2.42. The van der Waals surface area contributed by atoms with E-state index in [2.05, 4.69) is 15.5 Å². The zero-order valence-corrected chi connectivity index (χ0v) is 10.7. The van der Waals surface area contributed by atoms with E-state index in [1.807, 2.05) is 0 Å². The van der Waals surface area contributed by atoms with Crippen LogP contribution in [0.25, 0.3) is 0 Å². The zero-order valence-electron chi connectivity index (χ0n) is 10.7. The van der Waals surface area contributed by atoms with Gasteiger partial charge in [-0.3, -0.25) is 4.79 Å². The summed E-state index contributed by atoms with van der Waals surface area (Å²) in [4.78, 5) is 13.7. The maximum Gasteiger partial charge on any atom is 0.265 e. The molecule has 1 unspecified atom stereocenters. The minimum Gasteiger partial charge on any atom is -0.476 e. The van der Waals surface area contributed by atoms with E-state index in [9.17, 15) is 9.18 Å². The monoisotopic (exact) mass is 265 g/mol. The van der Waals surface area contributed by atoms with E-state index in [1.54, 1.807) is 13.0 Å². The van der Waals surface area contributed by atoms with E-state index >= 15 is 0 Å². The van der Waals surface area contributed by atoms with E-state index < -0.39 is 11.9 Å². The van der Waals surface area contributed by atoms with Crippen LogP contribution in [-0.2, 0) is 4.79 Å². The van der Waals surface area contributed by atoms with Gasteiger partial charge >= 0.3 is 0 Å². The fourth-order valence-electron chi connectivity index (χ4n) is 2.36. The van der Waals surface area contributed by atoms with Crippen LogP contribution in [0.5, 0.6) is 5.75 Å². The number of benzene rings is 1. The Labute approximate surface area is 110 Å². The molecule has 1 amide bonds. The topological polar surface area (TPSA) is 53.6 Å². The molecule has 1 fully saturated rings. The van der Waals surface area contributed by atoms with Crippen molar-refractivity contribution >= 4 is 17.3 Å². The molecule has 1 saturated heterocycles. The van der Waals surface area contributed by atoms with Crippen LogP contribution in [0.15, 0.2) is 12.1 Å². The molecule has 1 atom stereocenters. The summed E-state index contributed by atoms with van der Waals surface area (Å²) in [6, 6.07) is 3.24. The van der Waals surface area contributed by atoms with Crippen molar-refractivity contribution in [2.24, 2.45) is 0 Å². The number of hydrogen-bond acceptors (Lipinski definition) is 4. The van der Waals surface area contributed by atoms with Crippen molar-refractivity contribution in [2.45, 2.75) is 13.0 Å². The first-order valence-corrected chi connectivity index (χ1v) is 6.42. The van der Waals surface area contributed by atoms with Crippen LogP contribution in [0.3, 0.4) is 0 Å². The molecule has 2 aliphatic rings. The van der Waals surface area contributed by atoms with E-state index in [1.165, 1.54) is 6.07 Å². The van der Waals surface area contributed by atoms with Gasteiger partial charge in [-0.25, -0.2) is 4.39 Å². The molecular weight excluding hydrogens is 249 g/mol. The summed E-state index contributed by atoms with van der Waals surface area (Å²) in [6.07, 6.45) is -0.660. The van der Waals surface area contributed by atoms with Crippen LogP contribution in [0, 0.1) is 5.82 Å². The van der Waals surface area contributed by atoms with E-state index in [4.69, 9.17) is 4.74 Å². The van der Waals surface area contributed by atoms with Crippen LogP contribution in [0.1, 0.15) is 6.92 Å². The van der Waals surface area contributed by atoms with Gasteiger partial charge in [0.25, 0.3) is 5.91 Å². The smallest absolute Gasteiger partial charge is 0.265 e. The Kier molecular flexibility index (Phi) is 3.02. The molecule has 2 heterocycles. The summed E-state index contributed by atoms with van der Waals surface area (Å²) >= 11 is 0. The minimum absolute atomic E-state index is 0.131. The normalized spacial score (nSPS) is 22.5. The van der Waals surface area contributed by atoms with Crippen molar-refractivity contribution in [3.05, 3.63) is 17.9 Å². The van der Waals surface area contributed by atoms with Crippen LogP contribution in [-0.4, -0.2) is 38.2 Å². The average molecular weight is 265 g/mol. The third-order valence-corrected chi connectivity index (χ3v) is 3.43. The number of nitrogens with zero attached hydrogens (tertiary/aromatic N) is 1. The summed E-state index contributed by atoms with van der Waals surface area (Å²) in [5, 5.41) is 5.93. The van der Waals surface area contributed by atoms with Gasteiger partial charge in [-0.15, -0.1) is 0 Å². The fraction of sp³-hybridized carbons (Fsp3) is 0.462. The molecule has 5 nitrogen and oxygen atoms in total. The molecule has 0 aromatic heterocycles. The third-order valence-electron chi connectivity index (χ3n) is 3.43. The van der Waals surface area contributed by atoms with Gasteiger partial charge in [0.15, 0.2) is 17.7 Å². The number of anilines is 2. The van der Waals surface area contributed by atoms with Crippen LogP contribution < -0.4 is 20.3 Å². The minimum atomic E-state index is -0.660. The summed E-state index contributed by atoms with van der Waals surface area (Å²) in [5.74, 6) is -0.548. The predicted octanol–water partition coefficient (Wildman–Crippen LogP) is 0.955. The van der Waals surface area contributed by atoms with Crippen LogP contribution >= 0.6 is 0 Å². The summed E-state index contributed by atoms with van der Waals surface area (Å²) in [5.41, 5.74) is 1.19. The zero-order chi connectivity index (χ0) is 13.4. The number of carbonyl (C=O) groups excluding carboxylic acids is 1. The SMILES string of the molecule is CC1Oc2c(F)cc(N3CCNCC3)cc2NC1=O. The van der Waals surface area contributed by atoms with Crippen LogP contribution in [0.2, 0.25) is 0 Å². The molecule has 1 aromatic carbocycles. The van der Waals surface area contributed by atoms with Gasteiger partial charge in [0.1, 0.15) is 0 Å². The van der Waals surface area contributed by atoms with Crippen molar-refractivity contribution in [1.82, 2.24) is 5.32 Å². The summed E-state index contributed by atoms with van der Waals surface area (Å²) in [6.45, 7) is 4.99. The molecule has 0 aliphatic carbocycles. The van der Waals surface area contributed by atoms with Gasteiger partial charge in [-0.1, -0.05) is 0 Å². The molecule has 2 N–H and O–H groups in total. The number of ether oxygens (including phenoxy) is 1. The number of carbonyl (C=O) groups is 1. The molecule has 1 aromatic rings. The predicted molar refractivity (Wildman–Crippen MR) is 70.2 cm³/mol. The second kappa shape index (κ2) is 4.70. The Morgan fingerprint density at radius 1 is 1.37 bits per heavy atom. The first-order valence-electron chi connectivity index (χ1n) is 6.42. The highest BCUT2D eigenvalue weighted by Crippen LogP contribution is 2.36. The lowest BCUT2D eigenvalue weighted by atomic mass is 10.1. The quantitative estimate of drug-likeness (QED) is 0.794. The molecule has 0 spiro atoms. The molecular formula is C13H16FN3O2. The number of amides is 1. The first kappa shape index (κ1) is 12.2. The number of fused-ring (bicyclic) bond motifs is 1. The first-order chi connectivity index (χ1) is 9.15. The molecule has 102 valence electrons. The van der Waals surface area contributed by atoms with Crippen molar-refractivity contribution in [1.29, 1.82) is 0 Å². The fourth-order valence-corrected chi connectivity index (χ4v) is 2.36. The lowest BCUT2D eigenvalue weighted by molar-refractivity contribution is -0.122. The van der Waals surface area contributed by atoms with Gasteiger partial charge in [0.05, 0.1) is 5.69 Å². The van der Waals surface area contributed by atoms with E-state index in [-0.39, 0.29) is 11.7 Å². The number of hydrogen-bond donors (Lipinski definition) is 2. The Morgan fingerprint density at radius 3 is 2.84 bits per heavy atom. The van der Waals surface area contributed by atoms with Gasteiger partial charge in [-0.2, -0.15) is 0 Å². The second-order valence-corrected chi connectivity index (χ2v) is 4.79. The van der Waals surface area contributed by atoms with E-state index in [0.717, 1.165) is 31.9 Å². The van der Waals surface area contributed by atoms with Gasteiger partial charge in [0, 0.05) is 37.9 Å². The lowest BCUT2D eigenvalue weighted by Gasteiger charge is -2.31. The number of rotatable bonds is 1. The third kappa shape index (κ3) is 2.23. The Balaban J connectivity index is 1.94. The molecule has 0 bridgehead atoms. The van der Waals surface area contributed by atoms with Gasteiger partial charge < -0.3 is 20.3 Å². The standard InChI is InChI=1S/C13H16FN3O2/c1-8-13(18)16-11-7-9(6-10(14)12(11)19-8)17-4-2-15-3-5-17/h6-8,15H,2-5H2,1H3,(H,16,18). The maximum absolute atomic E-state index is 14.1. The van der Waals surface area contributed by atoms with E-state index in [0.29, 0.717) is 5.69 Å².